The van der Waals surface area contributed by atoms with Gasteiger partial charge < -0.3 is 39.9 Å². The molecule has 6 rings (SSSR count). The number of ketones is 1. The molecule has 278 valence electrons. The molecular weight excluding hydrogens is 670 g/mol. The van der Waals surface area contributed by atoms with Crippen LogP contribution in [-0.4, -0.2) is 96.4 Å². The van der Waals surface area contributed by atoms with Crippen LogP contribution in [0.1, 0.15) is 86.7 Å². The molecule has 5 atom stereocenters. The van der Waals surface area contributed by atoms with Gasteiger partial charge in [0, 0.05) is 29.4 Å². The number of nitrogens with zero attached hydrogens (tertiary/aromatic N) is 2. The molecule has 2 saturated carbocycles. The van der Waals surface area contributed by atoms with Crippen molar-refractivity contribution in [3.63, 3.8) is 0 Å². The van der Waals surface area contributed by atoms with E-state index in [2.05, 4.69) is 15.6 Å². The molecular formula is C38H47N5O9. The number of alkyl carbamates (subject to hydrolysis) is 1. The van der Waals surface area contributed by atoms with Crippen LogP contribution in [-0.2, 0) is 23.9 Å². The Morgan fingerprint density at radius 3 is 2.54 bits per heavy atom. The van der Waals surface area contributed by atoms with Crippen LogP contribution in [0, 0.1) is 18.3 Å². The number of carbonyl (C=O) groups excluding carboxylic acids is 5. The smallest absolute Gasteiger partial charge is 0.408 e. The van der Waals surface area contributed by atoms with E-state index in [-0.39, 0.29) is 36.4 Å². The van der Waals surface area contributed by atoms with Crippen LogP contribution in [0.5, 0.6) is 11.5 Å². The van der Waals surface area contributed by atoms with Crippen LogP contribution >= 0.6 is 0 Å². The summed E-state index contributed by atoms with van der Waals surface area (Å²) in [5.74, 6) is -1.59. The molecule has 3 heterocycles. The lowest BCUT2D eigenvalue weighted by Gasteiger charge is -2.29. The lowest BCUT2D eigenvalue weighted by molar-refractivity contribution is -0.148. The Labute approximate surface area is 302 Å². The van der Waals surface area contributed by atoms with Gasteiger partial charge in [0.2, 0.25) is 17.6 Å². The minimum Gasteiger partial charge on any atom is -0.496 e. The van der Waals surface area contributed by atoms with Crippen LogP contribution in [0.15, 0.2) is 30.4 Å². The third kappa shape index (κ3) is 7.61. The van der Waals surface area contributed by atoms with Crippen molar-refractivity contribution in [3.05, 3.63) is 41.6 Å². The van der Waals surface area contributed by atoms with E-state index >= 15 is 0 Å². The summed E-state index contributed by atoms with van der Waals surface area (Å²) in [5, 5.41) is 13.9. The second-order valence-electron chi connectivity index (χ2n) is 14.1. The van der Waals surface area contributed by atoms with Gasteiger partial charge in [0.15, 0.2) is 0 Å². The zero-order valence-electron chi connectivity index (χ0n) is 29.9. The van der Waals surface area contributed by atoms with Crippen molar-refractivity contribution in [3.8, 4) is 11.5 Å². The van der Waals surface area contributed by atoms with Gasteiger partial charge in [-0.3, -0.25) is 14.4 Å². The first kappa shape index (κ1) is 36.8. The fourth-order valence-corrected chi connectivity index (χ4v) is 7.73. The number of methoxy groups -OCH3 is 2. The van der Waals surface area contributed by atoms with Crippen molar-refractivity contribution < 1.29 is 42.9 Å². The van der Waals surface area contributed by atoms with Gasteiger partial charge in [0.25, 0.3) is 0 Å². The van der Waals surface area contributed by atoms with Gasteiger partial charge in [-0.25, -0.2) is 14.6 Å². The summed E-state index contributed by atoms with van der Waals surface area (Å²) in [6, 6.07) is 2.96. The number of esters is 1. The van der Waals surface area contributed by atoms with Gasteiger partial charge in [-0.15, -0.1) is 0 Å². The minimum atomic E-state index is -1.25. The zero-order chi connectivity index (χ0) is 37.0. The lowest BCUT2D eigenvalue weighted by Crippen LogP contribution is -2.56. The molecule has 52 heavy (non-hydrogen) atoms. The predicted octanol–water partition coefficient (Wildman–Crippen LogP) is 4.34. The first-order valence-corrected chi connectivity index (χ1v) is 18.1. The summed E-state index contributed by atoms with van der Waals surface area (Å²) < 4.78 is 22.8. The predicted molar refractivity (Wildman–Crippen MR) is 190 cm³/mol. The molecule has 3 amide bonds. The van der Waals surface area contributed by atoms with E-state index < -0.39 is 53.4 Å². The molecule has 3 fully saturated rings. The van der Waals surface area contributed by atoms with Gasteiger partial charge in [-0.1, -0.05) is 25.0 Å². The largest absolute Gasteiger partial charge is 0.496 e. The summed E-state index contributed by atoms with van der Waals surface area (Å²) >= 11 is 0. The number of pyridine rings is 1. The highest BCUT2D eigenvalue weighted by atomic mass is 16.6. The van der Waals surface area contributed by atoms with E-state index in [4.69, 9.17) is 24.4 Å². The van der Waals surface area contributed by atoms with E-state index in [0.717, 1.165) is 44.9 Å². The van der Waals surface area contributed by atoms with Crippen LogP contribution in [0.3, 0.4) is 0 Å². The molecule has 0 spiro atoms. The van der Waals surface area contributed by atoms with Crippen molar-refractivity contribution in [2.24, 2.45) is 5.92 Å². The second kappa shape index (κ2) is 15.7. The van der Waals surface area contributed by atoms with Crippen LogP contribution in [0.4, 0.5) is 4.79 Å². The maximum Gasteiger partial charge on any atom is 0.408 e. The molecule has 1 saturated heterocycles. The minimum absolute atomic E-state index is 0.00611. The number of amides is 3. The topological polar surface area (TPSA) is 186 Å². The SMILES string of the molecule is COC(=O)[C@@]12CC1/C=C\CCCCC[C@H](NC(=O)OC1CCCC1)C(=O)N1C[C@H](Oc3cc(C(=O)C=N)nc4c(C)c(OC)ccc34)CC1C(=O)N2. The van der Waals surface area contributed by atoms with E-state index in [1.54, 1.807) is 19.1 Å². The third-order valence-corrected chi connectivity index (χ3v) is 10.7. The number of ether oxygens (including phenoxy) is 4. The Hall–Kier alpha value is -5.01. The van der Waals surface area contributed by atoms with Crippen molar-refractivity contribution in [1.29, 1.82) is 5.41 Å². The third-order valence-electron chi connectivity index (χ3n) is 10.7. The fraction of sp³-hybridized carbons (Fsp3) is 0.553. The molecule has 2 aliphatic heterocycles. The number of hydrogen-bond acceptors (Lipinski definition) is 11. The van der Waals surface area contributed by atoms with E-state index in [0.29, 0.717) is 47.7 Å². The number of allylic oxidation sites excluding steroid dienone is 1. The van der Waals surface area contributed by atoms with Crippen molar-refractivity contribution in [2.45, 2.75) is 107 Å². The van der Waals surface area contributed by atoms with Crippen LogP contribution in [0.25, 0.3) is 10.9 Å². The van der Waals surface area contributed by atoms with Crippen LogP contribution < -0.4 is 20.1 Å². The highest BCUT2D eigenvalue weighted by Crippen LogP contribution is 2.46. The van der Waals surface area contributed by atoms with Gasteiger partial charge in [-0.2, -0.15) is 0 Å². The van der Waals surface area contributed by atoms with E-state index in [1.165, 1.54) is 25.2 Å². The van der Waals surface area contributed by atoms with Gasteiger partial charge in [0.1, 0.15) is 47.0 Å². The number of carbonyl (C=O) groups is 5. The summed E-state index contributed by atoms with van der Waals surface area (Å²) in [5.41, 5.74) is -0.147. The van der Waals surface area contributed by atoms with E-state index in [1.807, 2.05) is 12.2 Å². The summed E-state index contributed by atoms with van der Waals surface area (Å²) in [4.78, 5) is 73.4. The molecule has 4 aliphatic rings. The normalized spacial score (nSPS) is 27.2. The Kier molecular flexibility index (Phi) is 11.1. The number of nitrogens with one attached hydrogen (secondary N) is 3. The highest BCUT2D eigenvalue weighted by Gasteiger charge is 2.62. The summed E-state index contributed by atoms with van der Waals surface area (Å²) in [6.45, 7) is 1.78. The van der Waals surface area contributed by atoms with Gasteiger partial charge in [0.05, 0.1) is 32.5 Å². The Bertz CT molecular complexity index is 1770. The number of hydrogen-bond donors (Lipinski definition) is 3. The molecule has 1 aromatic carbocycles. The molecule has 3 N–H and O–H groups in total. The number of benzene rings is 1. The Balaban J connectivity index is 1.33. The molecule has 1 aromatic heterocycles. The quantitative estimate of drug-likeness (QED) is 0.154. The molecule has 0 radical (unpaired) electrons. The first-order chi connectivity index (χ1) is 25.1. The Morgan fingerprint density at radius 1 is 1.04 bits per heavy atom. The lowest BCUT2D eigenvalue weighted by atomic mass is 10.0. The van der Waals surface area contributed by atoms with Gasteiger partial charge >= 0.3 is 12.1 Å². The molecule has 2 aliphatic carbocycles. The average Bonchev–Trinajstić information content (AvgIpc) is 3.42. The highest BCUT2D eigenvalue weighted by molar-refractivity contribution is 6.34. The fourth-order valence-electron chi connectivity index (χ4n) is 7.73. The number of Topliss-reactive ketones (excluding diaryl/α,β-unsaturated/α-hetero) is 1. The second-order valence-corrected chi connectivity index (χ2v) is 14.1. The number of aryl methyl sites for hydroxylation is 1. The standard InChI is InChI=1S/C38H47N5O9/c1-22-31(49-2)16-15-26-32(18-28(30(44)20-39)40-33(22)26)51-25-17-29-34(45)42-38(36(47)50-3)19-23(38)11-7-5-4-6-8-14-27(35(46)43(29)21-25)41-37(48)52-24-12-9-10-13-24/h7,11,15-16,18,20,23-25,27,29,39H,4-6,8-10,12-14,17,19,21H2,1-3H3,(H,41,48)(H,42,45)/b11-7-,39-20?/t23?,25-,27+,29?,38-/m1/s1. The zero-order valence-corrected chi connectivity index (χ0v) is 29.9. The molecule has 14 heteroatoms. The average molecular weight is 718 g/mol. The number of fused-ring (bicyclic) bond motifs is 3. The summed E-state index contributed by atoms with van der Waals surface area (Å²) in [6.07, 6.45) is 10.4. The maximum absolute atomic E-state index is 14.5. The first-order valence-electron chi connectivity index (χ1n) is 18.1. The molecule has 2 aromatic rings. The molecule has 2 unspecified atom stereocenters. The van der Waals surface area contributed by atoms with Crippen LogP contribution in [0.2, 0.25) is 0 Å². The summed E-state index contributed by atoms with van der Waals surface area (Å²) in [7, 11) is 2.81. The number of rotatable bonds is 8. The molecule has 0 bridgehead atoms. The van der Waals surface area contributed by atoms with E-state index in [9.17, 15) is 24.0 Å². The van der Waals surface area contributed by atoms with Gasteiger partial charge in [-0.05, 0) is 70.4 Å². The monoisotopic (exact) mass is 717 g/mol. The molecule has 14 nitrogen and oxygen atoms in total. The van der Waals surface area contributed by atoms with Crippen molar-refractivity contribution in [2.75, 3.05) is 20.8 Å². The maximum atomic E-state index is 14.5. The Morgan fingerprint density at radius 2 is 1.81 bits per heavy atom. The number of aromatic nitrogens is 1. The van der Waals surface area contributed by atoms with Crippen molar-refractivity contribution >= 4 is 46.8 Å². The van der Waals surface area contributed by atoms with Crippen molar-refractivity contribution in [1.82, 2.24) is 20.5 Å².